The maximum Gasteiger partial charge on any atom is 0.492 e. The molecule has 1 amide bonds. The van der Waals surface area contributed by atoms with Crippen LogP contribution >= 0.6 is 0 Å². The van der Waals surface area contributed by atoms with E-state index < -0.39 is 24.5 Å². The highest BCUT2D eigenvalue weighted by atomic mass is 19.1. The molecule has 2 N–H and O–H groups in total. The molecule has 0 aromatic heterocycles. The zero-order valence-corrected chi connectivity index (χ0v) is 14.3. The Hall–Kier alpha value is -2.18. The predicted molar refractivity (Wildman–Crippen MR) is 94.6 cm³/mol. The van der Waals surface area contributed by atoms with Crippen molar-refractivity contribution >= 4 is 24.2 Å². The summed E-state index contributed by atoms with van der Waals surface area (Å²) >= 11 is 0. The molecule has 1 aliphatic heterocycles. The second kappa shape index (κ2) is 6.75. The summed E-state index contributed by atoms with van der Waals surface area (Å²) in [6.45, 7) is 10.5. The maximum atomic E-state index is 14.1. The van der Waals surface area contributed by atoms with E-state index in [4.69, 9.17) is 4.65 Å². The molecule has 24 heavy (non-hydrogen) atoms. The van der Waals surface area contributed by atoms with Gasteiger partial charge in [0.1, 0.15) is 5.83 Å². The molecular formula is C18H21BFNO3. The van der Waals surface area contributed by atoms with Crippen LogP contribution in [0.2, 0.25) is 0 Å². The van der Waals surface area contributed by atoms with Gasteiger partial charge in [0.25, 0.3) is 5.91 Å². The number of hydrogen-bond donors (Lipinski definition) is 2. The second-order valence-corrected chi connectivity index (χ2v) is 6.28. The van der Waals surface area contributed by atoms with Crippen LogP contribution in [0.3, 0.4) is 0 Å². The fourth-order valence-corrected chi connectivity index (χ4v) is 2.67. The van der Waals surface area contributed by atoms with Gasteiger partial charge >= 0.3 is 7.12 Å². The Morgan fingerprint density at radius 2 is 2.12 bits per heavy atom. The lowest BCUT2D eigenvalue weighted by Crippen LogP contribution is -2.29. The molecule has 0 unspecified atom stereocenters. The van der Waals surface area contributed by atoms with Crippen molar-refractivity contribution in [1.82, 2.24) is 0 Å². The molecule has 1 heterocycles. The lowest BCUT2D eigenvalue weighted by Gasteiger charge is -2.19. The number of allylic oxidation sites excluding steroid dienone is 3. The third-order valence-electron chi connectivity index (χ3n) is 3.79. The van der Waals surface area contributed by atoms with Crippen LogP contribution < -0.4 is 10.8 Å². The van der Waals surface area contributed by atoms with Gasteiger partial charge in [0.2, 0.25) is 0 Å². The minimum atomic E-state index is -1.05. The Bertz CT molecular complexity index is 753. The lowest BCUT2D eigenvalue weighted by atomic mass is 9.78. The molecule has 1 aromatic carbocycles. The Morgan fingerprint density at radius 3 is 2.71 bits per heavy atom. The highest BCUT2D eigenvalue weighted by Gasteiger charge is 2.40. The molecule has 0 spiro atoms. The summed E-state index contributed by atoms with van der Waals surface area (Å²) in [6.07, 6.45) is 2.61. The third-order valence-corrected chi connectivity index (χ3v) is 3.79. The molecule has 0 saturated carbocycles. The number of carbonyl (C=O) groups excluding carboxylic acids is 1. The van der Waals surface area contributed by atoms with Crippen molar-refractivity contribution in [3.05, 3.63) is 59.5 Å². The van der Waals surface area contributed by atoms with Gasteiger partial charge in [-0.1, -0.05) is 24.3 Å². The quantitative estimate of drug-likeness (QED) is 0.507. The van der Waals surface area contributed by atoms with E-state index in [9.17, 15) is 14.2 Å². The SMILES string of the molecule is C=C(C)/C=C(F)\C(=C/C)C(=O)Nc1ccc2c(c1)B(O)OC2(C)C. The number of nitrogens with one attached hydrogen (secondary N) is 1. The lowest BCUT2D eigenvalue weighted by molar-refractivity contribution is -0.112. The fraction of sp³-hybridized carbons (Fsp3) is 0.278. The number of rotatable bonds is 4. The van der Waals surface area contributed by atoms with Gasteiger partial charge < -0.3 is 15.0 Å². The average Bonchev–Trinajstić information content (AvgIpc) is 2.68. The van der Waals surface area contributed by atoms with Crippen molar-refractivity contribution in [2.75, 3.05) is 5.32 Å². The number of benzene rings is 1. The minimum absolute atomic E-state index is 0.0735. The van der Waals surface area contributed by atoms with Crippen LogP contribution in [0.4, 0.5) is 10.1 Å². The van der Waals surface area contributed by atoms with E-state index in [2.05, 4.69) is 11.9 Å². The van der Waals surface area contributed by atoms with Crippen molar-refractivity contribution in [1.29, 1.82) is 0 Å². The summed E-state index contributed by atoms with van der Waals surface area (Å²) in [5.41, 5.74) is 1.75. The van der Waals surface area contributed by atoms with Crippen molar-refractivity contribution in [2.45, 2.75) is 33.3 Å². The predicted octanol–water partition coefficient (Wildman–Crippen LogP) is 2.95. The molecule has 126 valence electrons. The molecular weight excluding hydrogens is 308 g/mol. The Kier molecular flexibility index (Phi) is 5.11. The van der Waals surface area contributed by atoms with E-state index in [1.54, 1.807) is 32.0 Å². The minimum Gasteiger partial charge on any atom is -0.423 e. The molecule has 1 aromatic rings. The first kappa shape index (κ1) is 18.2. The van der Waals surface area contributed by atoms with Gasteiger partial charge in [0, 0.05) is 5.69 Å². The smallest absolute Gasteiger partial charge is 0.423 e. The molecule has 4 nitrogen and oxygen atoms in total. The zero-order valence-electron chi connectivity index (χ0n) is 14.3. The van der Waals surface area contributed by atoms with Gasteiger partial charge in [0.05, 0.1) is 11.2 Å². The number of halogens is 1. The molecule has 2 rings (SSSR count). The van der Waals surface area contributed by atoms with E-state index >= 15 is 0 Å². The molecule has 0 fully saturated rings. The molecule has 0 radical (unpaired) electrons. The van der Waals surface area contributed by atoms with Gasteiger partial charge in [-0.25, -0.2) is 4.39 Å². The van der Waals surface area contributed by atoms with Crippen molar-refractivity contribution < 1.29 is 18.9 Å². The molecule has 0 aliphatic carbocycles. The Morgan fingerprint density at radius 1 is 1.46 bits per heavy atom. The summed E-state index contributed by atoms with van der Waals surface area (Å²) in [7, 11) is -1.05. The number of fused-ring (bicyclic) bond motifs is 1. The van der Waals surface area contributed by atoms with E-state index in [1.165, 1.54) is 12.2 Å². The van der Waals surface area contributed by atoms with Crippen molar-refractivity contribution in [3.63, 3.8) is 0 Å². The summed E-state index contributed by atoms with van der Waals surface area (Å²) in [4.78, 5) is 12.3. The van der Waals surface area contributed by atoms with Gasteiger partial charge in [-0.3, -0.25) is 4.79 Å². The van der Waals surface area contributed by atoms with Crippen LogP contribution in [0.25, 0.3) is 0 Å². The first-order valence-electron chi connectivity index (χ1n) is 7.66. The van der Waals surface area contributed by atoms with E-state index in [-0.39, 0.29) is 5.57 Å². The Balaban J connectivity index is 2.25. The normalized spacial score (nSPS) is 16.8. The van der Waals surface area contributed by atoms with Gasteiger partial charge in [0.15, 0.2) is 0 Å². The van der Waals surface area contributed by atoms with E-state index in [0.717, 1.165) is 5.56 Å². The summed E-state index contributed by atoms with van der Waals surface area (Å²) in [5, 5.41) is 12.6. The van der Waals surface area contributed by atoms with Crippen LogP contribution in [0.5, 0.6) is 0 Å². The monoisotopic (exact) mass is 329 g/mol. The number of anilines is 1. The van der Waals surface area contributed by atoms with Crippen molar-refractivity contribution in [2.24, 2.45) is 0 Å². The average molecular weight is 329 g/mol. The number of amides is 1. The first-order chi connectivity index (χ1) is 11.2. The highest BCUT2D eigenvalue weighted by molar-refractivity contribution is 6.62. The number of hydrogen-bond acceptors (Lipinski definition) is 3. The largest absolute Gasteiger partial charge is 0.492 e. The molecule has 0 atom stereocenters. The number of carbonyl (C=O) groups is 1. The third kappa shape index (κ3) is 3.66. The van der Waals surface area contributed by atoms with Crippen molar-refractivity contribution in [3.8, 4) is 0 Å². The van der Waals surface area contributed by atoms with E-state index in [0.29, 0.717) is 16.7 Å². The van der Waals surface area contributed by atoms with Crippen LogP contribution in [0.15, 0.2) is 53.9 Å². The van der Waals surface area contributed by atoms with Gasteiger partial charge in [-0.05, 0) is 56.9 Å². The van der Waals surface area contributed by atoms with Gasteiger partial charge in [-0.15, -0.1) is 0 Å². The first-order valence-corrected chi connectivity index (χ1v) is 7.66. The Labute approximate surface area is 141 Å². The summed E-state index contributed by atoms with van der Waals surface area (Å²) in [5.74, 6) is -1.21. The molecule has 0 saturated heterocycles. The van der Waals surface area contributed by atoms with Crippen LogP contribution in [-0.2, 0) is 15.0 Å². The maximum absolute atomic E-state index is 14.1. The highest BCUT2D eigenvalue weighted by Crippen LogP contribution is 2.30. The zero-order chi connectivity index (χ0) is 18.1. The van der Waals surface area contributed by atoms with E-state index in [1.807, 2.05) is 13.8 Å². The second-order valence-electron chi connectivity index (χ2n) is 6.28. The van der Waals surface area contributed by atoms with Crippen LogP contribution in [0.1, 0.15) is 33.3 Å². The fourth-order valence-electron chi connectivity index (χ4n) is 2.67. The topological polar surface area (TPSA) is 58.6 Å². The molecule has 6 heteroatoms. The standard InChI is InChI=1S/C18H21BFNO3/c1-6-13(16(20)9-11(2)3)17(22)21-12-7-8-14-15(10-12)19(23)24-18(14,4)5/h6-10,23H,2H2,1,3-5H3,(H,21,22)/b13-6+,16-9+. The molecule has 1 aliphatic rings. The molecule has 0 bridgehead atoms. The van der Waals surface area contributed by atoms with Crippen LogP contribution in [0, 0.1) is 0 Å². The summed E-state index contributed by atoms with van der Waals surface area (Å²) in [6, 6.07) is 5.13. The summed E-state index contributed by atoms with van der Waals surface area (Å²) < 4.78 is 19.5. The van der Waals surface area contributed by atoms with Gasteiger partial charge in [-0.2, -0.15) is 0 Å². The van der Waals surface area contributed by atoms with Crippen LogP contribution in [-0.4, -0.2) is 18.0 Å².